The summed E-state index contributed by atoms with van der Waals surface area (Å²) in [4.78, 5) is 27.5. The van der Waals surface area contributed by atoms with E-state index in [4.69, 9.17) is 27.9 Å². The third-order valence-corrected chi connectivity index (χ3v) is 5.87. The van der Waals surface area contributed by atoms with Crippen LogP contribution in [0.3, 0.4) is 0 Å². The van der Waals surface area contributed by atoms with Gasteiger partial charge in [-0.2, -0.15) is 0 Å². The number of ketones is 1. The summed E-state index contributed by atoms with van der Waals surface area (Å²) in [6, 6.07) is 14.4. The van der Waals surface area contributed by atoms with Gasteiger partial charge in [-0.25, -0.2) is 0 Å². The van der Waals surface area contributed by atoms with E-state index in [0.29, 0.717) is 5.56 Å². The Labute approximate surface area is 213 Å². The van der Waals surface area contributed by atoms with Crippen LogP contribution in [0.15, 0.2) is 72.3 Å². The van der Waals surface area contributed by atoms with Crippen LogP contribution in [0.4, 0.5) is 18.9 Å². The molecule has 1 heterocycles. The zero-order valence-corrected chi connectivity index (χ0v) is 19.9. The normalized spacial score (nSPS) is 17.4. The van der Waals surface area contributed by atoms with Crippen molar-refractivity contribution >= 4 is 46.3 Å². The summed E-state index contributed by atoms with van der Waals surface area (Å²) in [5, 5.41) is 11.5. The number of halogens is 5. The molecule has 0 saturated carbocycles. The Bertz CT molecular complexity index is 1360. The van der Waals surface area contributed by atoms with Gasteiger partial charge in [-0.1, -0.05) is 53.5 Å². The van der Waals surface area contributed by atoms with Gasteiger partial charge in [-0.3, -0.25) is 14.5 Å². The van der Waals surface area contributed by atoms with Crippen molar-refractivity contribution in [3.05, 3.63) is 93.5 Å². The van der Waals surface area contributed by atoms with Gasteiger partial charge in [-0.15, -0.1) is 13.2 Å². The van der Waals surface area contributed by atoms with Gasteiger partial charge < -0.3 is 14.6 Å². The lowest BCUT2D eigenvalue weighted by Gasteiger charge is -2.25. The second-order valence-electron chi connectivity index (χ2n) is 7.59. The molecule has 11 heteroatoms. The molecule has 36 heavy (non-hydrogen) atoms. The highest BCUT2D eigenvalue weighted by Crippen LogP contribution is 2.45. The molecule has 3 aromatic rings. The Hall–Kier alpha value is -3.69. The molecule has 6 nitrogen and oxygen atoms in total. The monoisotopic (exact) mass is 537 g/mol. The highest BCUT2D eigenvalue weighted by molar-refractivity contribution is 6.51. The van der Waals surface area contributed by atoms with Crippen molar-refractivity contribution in [3.8, 4) is 11.5 Å². The Morgan fingerprint density at radius 2 is 1.64 bits per heavy atom. The van der Waals surface area contributed by atoms with Gasteiger partial charge in [0.15, 0.2) is 0 Å². The highest BCUT2D eigenvalue weighted by Gasteiger charge is 2.47. The van der Waals surface area contributed by atoms with E-state index in [1.807, 2.05) is 0 Å². The van der Waals surface area contributed by atoms with Crippen molar-refractivity contribution in [1.82, 2.24) is 0 Å². The summed E-state index contributed by atoms with van der Waals surface area (Å²) in [5.74, 6) is -3.07. The van der Waals surface area contributed by atoms with Crippen LogP contribution in [0, 0.1) is 0 Å². The molecule has 0 spiro atoms. The second-order valence-corrected chi connectivity index (χ2v) is 8.43. The van der Waals surface area contributed by atoms with Crippen molar-refractivity contribution in [2.75, 3.05) is 12.0 Å². The average Bonchev–Trinajstić information content (AvgIpc) is 3.09. The van der Waals surface area contributed by atoms with Crippen LogP contribution in [-0.2, 0) is 9.59 Å². The Balaban J connectivity index is 1.90. The number of anilines is 1. The van der Waals surface area contributed by atoms with Crippen LogP contribution >= 0.6 is 23.2 Å². The quantitative estimate of drug-likeness (QED) is 0.227. The maximum atomic E-state index is 13.2. The molecule has 1 atom stereocenters. The number of alkyl halides is 3. The maximum Gasteiger partial charge on any atom is 0.573 e. The number of amides is 1. The molecular weight excluding hydrogens is 522 g/mol. The summed E-state index contributed by atoms with van der Waals surface area (Å²) in [7, 11) is 1.31. The molecule has 1 aliphatic heterocycles. The molecule has 1 fully saturated rings. The number of nitrogens with zero attached hydrogens (tertiary/aromatic N) is 1. The number of carbonyl (C=O) groups is 2. The van der Waals surface area contributed by atoms with Crippen molar-refractivity contribution in [2.45, 2.75) is 12.4 Å². The molecule has 4 rings (SSSR count). The third kappa shape index (κ3) is 4.84. The van der Waals surface area contributed by atoms with Crippen molar-refractivity contribution < 1.29 is 37.3 Å². The molecule has 3 aromatic carbocycles. The largest absolute Gasteiger partial charge is 0.573 e. The van der Waals surface area contributed by atoms with Crippen LogP contribution in [-0.4, -0.2) is 30.3 Å². The molecule has 0 bridgehead atoms. The topological polar surface area (TPSA) is 76.1 Å². The first-order valence-corrected chi connectivity index (χ1v) is 11.0. The fourth-order valence-electron chi connectivity index (χ4n) is 3.95. The lowest BCUT2D eigenvalue weighted by Crippen LogP contribution is -2.29. The third-order valence-electron chi connectivity index (χ3n) is 5.38. The first-order valence-electron chi connectivity index (χ1n) is 10.3. The number of Topliss-reactive ketones (excluding diaryl/α,β-unsaturated/α-hetero) is 1. The molecule has 0 aromatic heterocycles. The minimum absolute atomic E-state index is 0.0112. The first-order chi connectivity index (χ1) is 17.0. The summed E-state index contributed by atoms with van der Waals surface area (Å²) < 4.78 is 46.9. The van der Waals surface area contributed by atoms with Crippen LogP contribution in [0.25, 0.3) is 5.76 Å². The van der Waals surface area contributed by atoms with Gasteiger partial charge in [0.25, 0.3) is 11.7 Å². The van der Waals surface area contributed by atoms with Crippen molar-refractivity contribution in [1.29, 1.82) is 0 Å². The molecular formula is C25H16Cl2F3NO5. The lowest BCUT2D eigenvalue weighted by molar-refractivity contribution is -0.274. The van der Waals surface area contributed by atoms with E-state index in [1.165, 1.54) is 31.4 Å². The minimum atomic E-state index is -4.90. The van der Waals surface area contributed by atoms with Gasteiger partial charge in [0.2, 0.25) is 0 Å². The number of hydrogen-bond acceptors (Lipinski definition) is 5. The summed E-state index contributed by atoms with van der Waals surface area (Å²) >= 11 is 12.3. The first kappa shape index (κ1) is 25.4. The smallest absolute Gasteiger partial charge is 0.507 e. The van der Waals surface area contributed by atoms with Gasteiger partial charge >= 0.3 is 6.36 Å². The molecule has 1 saturated heterocycles. The average molecular weight is 538 g/mol. The predicted octanol–water partition coefficient (Wildman–Crippen LogP) is 6.53. The summed E-state index contributed by atoms with van der Waals surface area (Å²) in [6.07, 6.45) is -4.90. The van der Waals surface area contributed by atoms with E-state index >= 15 is 0 Å². The molecule has 1 amide bonds. The molecule has 0 radical (unpaired) electrons. The van der Waals surface area contributed by atoms with Crippen LogP contribution in [0.1, 0.15) is 17.2 Å². The number of hydrogen-bond donors (Lipinski definition) is 1. The van der Waals surface area contributed by atoms with E-state index in [0.717, 1.165) is 17.0 Å². The number of methoxy groups -OCH3 is 1. The van der Waals surface area contributed by atoms with Crippen LogP contribution in [0.5, 0.6) is 11.5 Å². The Morgan fingerprint density at radius 1 is 1.00 bits per heavy atom. The molecule has 186 valence electrons. The van der Waals surface area contributed by atoms with Crippen molar-refractivity contribution in [2.24, 2.45) is 0 Å². The fourth-order valence-corrected chi connectivity index (χ4v) is 4.52. The highest BCUT2D eigenvalue weighted by atomic mass is 35.5. The van der Waals surface area contributed by atoms with Gasteiger partial charge in [0.1, 0.15) is 17.3 Å². The van der Waals surface area contributed by atoms with E-state index in [-0.39, 0.29) is 32.6 Å². The van der Waals surface area contributed by atoms with Gasteiger partial charge in [-0.05, 0) is 42.0 Å². The number of carbonyl (C=O) groups excluding carboxylic acids is 2. The summed E-state index contributed by atoms with van der Waals surface area (Å²) in [6.45, 7) is 0. The fraction of sp³-hybridized carbons (Fsp3) is 0.120. The number of ether oxygens (including phenoxy) is 2. The molecule has 1 unspecified atom stereocenters. The second kappa shape index (κ2) is 9.75. The number of aliphatic hydroxyl groups excluding tert-OH is 1. The van der Waals surface area contributed by atoms with Crippen molar-refractivity contribution in [3.63, 3.8) is 0 Å². The molecule has 1 N–H and O–H groups in total. The standard InChI is InChI=1S/C25H16Cl2F3NO5/c1-35-23-17(11-14(26)12-18(23)27)21(32)19-20(13-5-3-2-4-6-13)31(24(34)22(19)33)15-7-9-16(10-8-15)36-25(28,29)30/h2-12,20,32H,1H3/b21-19+. The summed E-state index contributed by atoms with van der Waals surface area (Å²) in [5.41, 5.74) is 0.276. The van der Waals surface area contributed by atoms with E-state index in [2.05, 4.69) is 4.74 Å². The zero-order valence-electron chi connectivity index (χ0n) is 18.3. The minimum Gasteiger partial charge on any atom is -0.507 e. The Morgan fingerprint density at radius 3 is 2.22 bits per heavy atom. The van der Waals surface area contributed by atoms with E-state index in [9.17, 15) is 27.9 Å². The number of aliphatic hydroxyl groups is 1. The van der Waals surface area contributed by atoms with E-state index in [1.54, 1.807) is 30.3 Å². The van der Waals surface area contributed by atoms with E-state index < -0.39 is 35.6 Å². The predicted molar refractivity (Wildman–Crippen MR) is 127 cm³/mol. The maximum absolute atomic E-state index is 13.2. The molecule has 0 aliphatic carbocycles. The zero-order chi connectivity index (χ0) is 26.2. The van der Waals surface area contributed by atoms with Crippen LogP contribution in [0.2, 0.25) is 10.0 Å². The number of benzene rings is 3. The lowest BCUT2D eigenvalue weighted by atomic mass is 9.95. The Kier molecular flexibility index (Phi) is 6.88. The van der Waals surface area contributed by atoms with Gasteiger partial charge in [0.05, 0.1) is 29.3 Å². The van der Waals surface area contributed by atoms with Crippen LogP contribution < -0.4 is 14.4 Å². The van der Waals surface area contributed by atoms with Gasteiger partial charge in [0, 0.05) is 10.7 Å². The number of rotatable bonds is 5. The molecule has 1 aliphatic rings. The SMILES string of the molecule is COc1c(Cl)cc(Cl)cc1/C(O)=C1\C(=O)C(=O)N(c2ccc(OC(F)(F)F)cc2)C1c1ccccc1.